The number of anilines is 2. The van der Waals surface area contributed by atoms with Crippen molar-refractivity contribution in [2.75, 3.05) is 25.2 Å². The van der Waals surface area contributed by atoms with Crippen molar-refractivity contribution < 1.29 is 19.1 Å². The van der Waals surface area contributed by atoms with Crippen molar-refractivity contribution >= 4 is 29.3 Å². The van der Waals surface area contributed by atoms with Crippen molar-refractivity contribution in [3.63, 3.8) is 0 Å². The Morgan fingerprint density at radius 3 is 2.90 bits per heavy atom. The highest BCUT2D eigenvalue weighted by Crippen LogP contribution is 2.21. The molecule has 8 nitrogen and oxygen atoms in total. The molecule has 1 fully saturated rings. The SMILES string of the molecule is COC(=O)c1cc(N)cnc1NC1CCC(=O)N(C)C1=O. The van der Waals surface area contributed by atoms with E-state index in [1.54, 1.807) is 0 Å². The summed E-state index contributed by atoms with van der Waals surface area (Å²) in [5, 5.41) is 2.88. The van der Waals surface area contributed by atoms with E-state index >= 15 is 0 Å². The summed E-state index contributed by atoms with van der Waals surface area (Å²) >= 11 is 0. The molecular formula is C13H16N4O4. The minimum absolute atomic E-state index is 0.143. The van der Waals surface area contributed by atoms with Gasteiger partial charge in [-0.25, -0.2) is 9.78 Å². The van der Waals surface area contributed by atoms with Crippen molar-refractivity contribution in [1.82, 2.24) is 9.88 Å². The van der Waals surface area contributed by atoms with Gasteiger partial charge in [0.1, 0.15) is 17.4 Å². The van der Waals surface area contributed by atoms with E-state index in [9.17, 15) is 14.4 Å². The van der Waals surface area contributed by atoms with Crippen molar-refractivity contribution in [2.45, 2.75) is 18.9 Å². The van der Waals surface area contributed by atoms with Gasteiger partial charge in [-0.3, -0.25) is 14.5 Å². The number of likely N-dealkylation sites (N-methyl/N-ethyl adjacent to an activating group) is 1. The van der Waals surface area contributed by atoms with Gasteiger partial charge in [-0.05, 0) is 12.5 Å². The molecule has 0 spiro atoms. The fourth-order valence-electron chi connectivity index (χ4n) is 2.08. The van der Waals surface area contributed by atoms with Gasteiger partial charge in [-0.2, -0.15) is 0 Å². The Balaban J connectivity index is 2.25. The first kappa shape index (κ1) is 14.8. The van der Waals surface area contributed by atoms with Gasteiger partial charge in [0.25, 0.3) is 5.91 Å². The number of imide groups is 1. The standard InChI is InChI=1S/C13H16N4O4/c1-17-10(18)4-3-9(12(17)19)16-11-8(13(20)21-2)5-7(14)6-15-11/h5-6,9H,3-4,14H2,1-2H3,(H,15,16). The van der Waals surface area contributed by atoms with Crippen LogP contribution in [0.4, 0.5) is 11.5 Å². The number of hydrogen-bond acceptors (Lipinski definition) is 7. The van der Waals surface area contributed by atoms with E-state index < -0.39 is 12.0 Å². The van der Waals surface area contributed by atoms with Crippen molar-refractivity contribution in [2.24, 2.45) is 0 Å². The maximum atomic E-state index is 12.0. The third-order valence-electron chi connectivity index (χ3n) is 3.27. The Bertz CT molecular complexity index is 602. The van der Waals surface area contributed by atoms with Crippen LogP contribution >= 0.6 is 0 Å². The smallest absolute Gasteiger partial charge is 0.341 e. The molecule has 0 radical (unpaired) electrons. The number of rotatable bonds is 3. The Hall–Kier alpha value is -2.64. The number of ether oxygens (including phenoxy) is 1. The molecule has 8 heteroatoms. The van der Waals surface area contributed by atoms with Gasteiger partial charge >= 0.3 is 5.97 Å². The first-order chi connectivity index (χ1) is 9.93. The summed E-state index contributed by atoms with van der Waals surface area (Å²) in [5.74, 6) is -0.987. The molecule has 0 aliphatic carbocycles. The Labute approximate surface area is 121 Å². The number of nitrogen functional groups attached to an aromatic ring is 1. The lowest BCUT2D eigenvalue weighted by atomic mass is 10.0. The van der Waals surface area contributed by atoms with E-state index in [1.807, 2.05) is 0 Å². The third kappa shape index (κ3) is 2.93. The lowest BCUT2D eigenvalue weighted by Gasteiger charge is -2.28. The van der Waals surface area contributed by atoms with Crippen LogP contribution in [0.25, 0.3) is 0 Å². The summed E-state index contributed by atoms with van der Waals surface area (Å²) in [6, 6.07) is 0.802. The fourth-order valence-corrected chi connectivity index (χ4v) is 2.08. The fraction of sp³-hybridized carbons (Fsp3) is 0.385. The number of piperidine rings is 1. The maximum absolute atomic E-state index is 12.0. The number of carbonyl (C=O) groups excluding carboxylic acids is 3. The molecular weight excluding hydrogens is 276 g/mol. The van der Waals surface area contributed by atoms with Gasteiger partial charge in [-0.1, -0.05) is 0 Å². The van der Waals surface area contributed by atoms with Gasteiger partial charge in [0.05, 0.1) is 19.0 Å². The first-order valence-corrected chi connectivity index (χ1v) is 6.34. The van der Waals surface area contributed by atoms with E-state index in [4.69, 9.17) is 5.73 Å². The van der Waals surface area contributed by atoms with Crippen molar-refractivity contribution in [3.05, 3.63) is 17.8 Å². The summed E-state index contributed by atoms with van der Waals surface area (Å²) in [6.45, 7) is 0. The topological polar surface area (TPSA) is 115 Å². The normalized spacial score (nSPS) is 18.6. The highest BCUT2D eigenvalue weighted by Gasteiger charge is 2.32. The molecule has 2 heterocycles. The predicted molar refractivity (Wildman–Crippen MR) is 74.4 cm³/mol. The van der Waals surface area contributed by atoms with Crippen LogP contribution in [0.3, 0.4) is 0 Å². The van der Waals surface area contributed by atoms with Crippen LogP contribution in [-0.2, 0) is 14.3 Å². The number of pyridine rings is 1. The Morgan fingerprint density at radius 1 is 1.52 bits per heavy atom. The number of nitrogens with two attached hydrogens (primary N) is 1. The summed E-state index contributed by atoms with van der Waals surface area (Å²) < 4.78 is 4.66. The molecule has 1 unspecified atom stereocenters. The van der Waals surface area contributed by atoms with E-state index in [1.165, 1.54) is 26.4 Å². The molecule has 2 amide bonds. The van der Waals surface area contributed by atoms with Crippen molar-refractivity contribution in [3.8, 4) is 0 Å². The molecule has 0 aromatic carbocycles. The van der Waals surface area contributed by atoms with Crippen LogP contribution in [-0.4, -0.2) is 47.9 Å². The van der Waals surface area contributed by atoms with Gasteiger partial charge in [-0.15, -0.1) is 0 Å². The highest BCUT2D eigenvalue weighted by molar-refractivity contribution is 6.02. The zero-order valence-electron chi connectivity index (χ0n) is 11.8. The quantitative estimate of drug-likeness (QED) is 0.595. The number of nitrogens with zero attached hydrogens (tertiary/aromatic N) is 2. The molecule has 1 aliphatic heterocycles. The molecule has 1 aliphatic rings. The second-order valence-electron chi connectivity index (χ2n) is 4.68. The molecule has 1 aromatic heterocycles. The van der Waals surface area contributed by atoms with Gasteiger partial charge in [0.15, 0.2) is 0 Å². The summed E-state index contributed by atoms with van der Waals surface area (Å²) in [5.41, 5.74) is 6.05. The lowest BCUT2D eigenvalue weighted by molar-refractivity contribution is -0.146. The predicted octanol–water partition coefficient (Wildman–Crippen LogP) is 0.00970. The number of methoxy groups -OCH3 is 1. The van der Waals surface area contributed by atoms with Crippen LogP contribution in [0.1, 0.15) is 23.2 Å². The van der Waals surface area contributed by atoms with Crippen LogP contribution < -0.4 is 11.1 Å². The summed E-state index contributed by atoms with van der Waals surface area (Å²) in [7, 11) is 2.67. The number of likely N-dealkylation sites (tertiary alicyclic amines) is 1. The Morgan fingerprint density at radius 2 is 2.24 bits per heavy atom. The van der Waals surface area contributed by atoms with Crippen LogP contribution in [0.15, 0.2) is 12.3 Å². The molecule has 0 saturated carbocycles. The largest absolute Gasteiger partial charge is 0.465 e. The average molecular weight is 292 g/mol. The lowest BCUT2D eigenvalue weighted by Crippen LogP contribution is -2.48. The maximum Gasteiger partial charge on any atom is 0.341 e. The molecule has 1 aromatic rings. The molecule has 3 N–H and O–H groups in total. The zero-order valence-corrected chi connectivity index (χ0v) is 11.8. The number of carbonyl (C=O) groups is 3. The molecule has 2 rings (SSSR count). The number of aromatic nitrogens is 1. The van der Waals surface area contributed by atoms with E-state index in [-0.39, 0.29) is 29.6 Å². The minimum Gasteiger partial charge on any atom is -0.465 e. The average Bonchev–Trinajstić information content (AvgIpc) is 2.48. The van der Waals surface area contributed by atoms with Crippen LogP contribution in [0, 0.1) is 0 Å². The van der Waals surface area contributed by atoms with E-state index in [0.717, 1.165) is 4.90 Å². The van der Waals surface area contributed by atoms with Crippen LogP contribution in [0.5, 0.6) is 0 Å². The molecule has 1 saturated heterocycles. The number of nitrogens with one attached hydrogen (secondary N) is 1. The second-order valence-corrected chi connectivity index (χ2v) is 4.68. The first-order valence-electron chi connectivity index (χ1n) is 6.34. The summed E-state index contributed by atoms with van der Waals surface area (Å²) in [6.07, 6.45) is 1.97. The molecule has 21 heavy (non-hydrogen) atoms. The van der Waals surface area contributed by atoms with Crippen LogP contribution in [0.2, 0.25) is 0 Å². The molecule has 0 bridgehead atoms. The molecule has 112 valence electrons. The van der Waals surface area contributed by atoms with E-state index in [0.29, 0.717) is 12.1 Å². The van der Waals surface area contributed by atoms with Crippen molar-refractivity contribution in [1.29, 1.82) is 0 Å². The minimum atomic E-state index is -0.618. The zero-order chi connectivity index (χ0) is 15.6. The van der Waals surface area contributed by atoms with E-state index in [2.05, 4.69) is 15.0 Å². The highest BCUT2D eigenvalue weighted by atomic mass is 16.5. The monoisotopic (exact) mass is 292 g/mol. The second kappa shape index (κ2) is 5.78. The van der Waals surface area contributed by atoms with Gasteiger partial charge in [0, 0.05) is 13.5 Å². The number of esters is 1. The summed E-state index contributed by atoms with van der Waals surface area (Å²) in [4.78, 5) is 40.3. The third-order valence-corrected chi connectivity index (χ3v) is 3.27. The van der Waals surface area contributed by atoms with Gasteiger partial charge in [0.2, 0.25) is 5.91 Å². The van der Waals surface area contributed by atoms with Gasteiger partial charge < -0.3 is 15.8 Å². The number of amides is 2. The Kier molecular flexibility index (Phi) is 4.06. The number of hydrogen-bond donors (Lipinski definition) is 2. The molecule has 1 atom stereocenters.